The Morgan fingerprint density at radius 3 is 2.31 bits per heavy atom. The Kier molecular flexibility index (Phi) is 7.09. The molecule has 3 rings (SSSR count). The summed E-state index contributed by atoms with van der Waals surface area (Å²) in [5, 5.41) is 3.29. The van der Waals surface area contributed by atoms with Crippen molar-refractivity contribution >= 4 is 10.0 Å². The maximum absolute atomic E-state index is 12.2. The van der Waals surface area contributed by atoms with E-state index in [0.29, 0.717) is 36.8 Å². The molecule has 0 aliphatic carbocycles. The highest BCUT2D eigenvalue weighted by Crippen LogP contribution is 2.15. The molecule has 0 saturated carbocycles. The normalized spacial score (nSPS) is 11.5. The van der Waals surface area contributed by atoms with Gasteiger partial charge < -0.3 is 5.32 Å². The molecule has 2 N–H and O–H groups in total. The molecule has 0 saturated heterocycles. The summed E-state index contributed by atoms with van der Waals surface area (Å²) >= 11 is 0. The molecule has 1 aromatic heterocycles. The molecule has 0 atom stereocenters. The largest absolute Gasteiger partial charge is 0.313 e. The number of nitrogens with one attached hydrogen (secondary N) is 2. The highest BCUT2D eigenvalue weighted by Gasteiger charge is 2.12. The number of nitrogens with zero attached hydrogens (tertiary/aromatic N) is 2. The molecule has 0 amide bonds. The molecule has 2 aromatic carbocycles. The fourth-order valence-corrected chi connectivity index (χ4v) is 3.91. The Balaban J connectivity index is 1.40. The number of benzene rings is 2. The first-order valence-electron chi connectivity index (χ1n) is 9.59. The highest BCUT2D eigenvalue weighted by atomic mass is 32.2. The average molecular weight is 411 g/mol. The number of aromatic nitrogens is 2. The van der Waals surface area contributed by atoms with Gasteiger partial charge in [0.15, 0.2) is 5.82 Å². The first-order valence-corrected chi connectivity index (χ1v) is 11.1. The van der Waals surface area contributed by atoms with Gasteiger partial charge in [0.1, 0.15) is 0 Å². The predicted molar refractivity (Wildman–Crippen MR) is 115 cm³/mol. The van der Waals surface area contributed by atoms with Gasteiger partial charge in [-0.2, -0.15) is 0 Å². The zero-order valence-corrected chi connectivity index (χ0v) is 17.5. The van der Waals surface area contributed by atoms with Crippen LogP contribution in [0.5, 0.6) is 0 Å². The first-order chi connectivity index (χ1) is 13.9. The Morgan fingerprint density at radius 2 is 1.62 bits per heavy atom. The Labute approximate surface area is 172 Å². The van der Waals surface area contributed by atoms with Crippen molar-refractivity contribution < 1.29 is 8.42 Å². The molecule has 0 bridgehead atoms. The minimum Gasteiger partial charge on any atom is -0.313 e. The van der Waals surface area contributed by atoms with Crippen LogP contribution in [0.1, 0.15) is 23.1 Å². The first kappa shape index (κ1) is 21.1. The monoisotopic (exact) mass is 410 g/mol. The van der Waals surface area contributed by atoms with Crippen LogP contribution in [0.2, 0.25) is 0 Å². The van der Waals surface area contributed by atoms with Crippen molar-refractivity contribution in [2.75, 3.05) is 13.1 Å². The second-order valence-corrected chi connectivity index (χ2v) is 8.79. The van der Waals surface area contributed by atoms with E-state index < -0.39 is 10.0 Å². The molecule has 152 valence electrons. The lowest BCUT2D eigenvalue weighted by molar-refractivity contribution is 0.573. The van der Waals surface area contributed by atoms with Gasteiger partial charge >= 0.3 is 0 Å². The minimum atomic E-state index is -3.45. The van der Waals surface area contributed by atoms with Crippen molar-refractivity contribution in [3.63, 3.8) is 0 Å². The van der Waals surface area contributed by atoms with E-state index in [0.717, 1.165) is 16.7 Å². The third kappa shape index (κ3) is 6.19. The van der Waals surface area contributed by atoms with Crippen LogP contribution in [-0.4, -0.2) is 31.5 Å². The lowest BCUT2D eigenvalue weighted by Crippen LogP contribution is -2.27. The molecule has 0 aliphatic rings. The molecule has 3 aromatic rings. The Morgan fingerprint density at radius 1 is 0.897 bits per heavy atom. The van der Waals surface area contributed by atoms with E-state index in [-0.39, 0.29) is 0 Å². The van der Waals surface area contributed by atoms with E-state index in [4.69, 9.17) is 0 Å². The van der Waals surface area contributed by atoms with Crippen LogP contribution in [0.4, 0.5) is 0 Å². The van der Waals surface area contributed by atoms with Gasteiger partial charge in [-0.15, -0.1) is 0 Å². The van der Waals surface area contributed by atoms with E-state index in [1.54, 1.807) is 24.3 Å². The van der Waals surface area contributed by atoms with Crippen molar-refractivity contribution in [1.29, 1.82) is 0 Å². The fraction of sp³-hybridized carbons (Fsp3) is 0.273. The number of aryl methyl sites for hydroxylation is 2. The average Bonchev–Trinajstić information content (AvgIpc) is 2.71. The third-order valence-corrected chi connectivity index (χ3v) is 5.94. The topological polar surface area (TPSA) is 84.0 Å². The van der Waals surface area contributed by atoms with Gasteiger partial charge in [-0.25, -0.2) is 23.1 Å². The van der Waals surface area contributed by atoms with Crippen molar-refractivity contribution in [2.24, 2.45) is 0 Å². The second kappa shape index (κ2) is 9.73. The minimum absolute atomic E-state index is 0.293. The van der Waals surface area contributed by atoms with E-state index >= 15 is 0 Å². The van der Waals surface area contributed by atoms with Crippen LogP contribution >= 0.6 is 0 Å². The molecule has 0 aliphatic heterocycles. The quantitative estimate of drug-likeness (QED) is 0.529. The number of rotatable bonds is 9. The van der Waals surface area contributed by atoms with Crippen LogP contribution in [0.25, 0.3) is 11.4 Å². The molecule has 1 heterocycles. The smallest absolute Gasteiger partial charge is 0.240 e. The molecule has 29 heavy (non-hydrogen) atoms. The summed E-state index contributed by atoms with van der Waals surface area (Å²) in [5.74, 6) is 0.711. The highest BCUT2D eigenvalue weighted by molar-refractivity contribution is 7.89. The molecule has 0 unspecified atom stereocenters. The predicted octanol–water partition coefficient (Wildman–Crippen LogP) is 3.22. The van der Waals surface area contributed by atoms with Gasteiger partial charge in [0.2, 0.25) is 10.0 Å². The van der Waals surface area contributed by atoms with Crippen LogP contribution in [0.15, 0.2) is 65.8 Å². The second-order valence-electron chi connectivity index (χ2n) is 7.03. The molecule has 6 nitrogen and oxygen atoms in total. The van der Waals surface area contributed by atoms with Crippen LogP contribution in [0.3, 0.4) is 0 Å². The number of hydrogen-bond acceptors (Lipinski definition) is 5. The summed E-state index contributed by atoms with van der Waals surface area (Å²) < 4.78 is 27.1. The Hall–Kier alpha value is -2.61. The summed E-state index contributed by atoms with van der Waals surface area (Å²) in [6.45, 7) is 5.68. The molecular weight excluding hydrogens is 384 g/mol. The van der Waals surface area contributed by atoms with Crippen LogP contribution in [-0.2, 0) is 16.6 Å². The maximum Gasteiger partial charge on any atom is 0.240 e. The SMILES string of the molecule is Cc1ccc(S(=O)(=O)NCCCNCc2cnc(-c3cccc(C)c3)nc2)cc1. The molecule has 0 spiro atoms. The molecule has 0 fully saturated rings. The van der Waals surface area contributed by atoms with E-state index in [2.05, 4.69) is 26.1 Å². The lowest BCUT2D eigenvalue weighted by Gasteiger charge is -2.08. The summed E-state index contributed by atoms with van der Waals surface area (Å²) in [4.78, 5) is 9.16. The standard InChI is InChI=1S/C22H26N4O2S/c1-17-7-9-21(10-8-17)29(27,28)26-12-4-11-23-14-19-15-24-22(25-16-19)20-6-3-5-18(2)13-20/h3,5-10,13,15-16,23,26H,4,11-12,14H2,1-2H3. The number of sulfonamides is 1. The van der Waals surface area contributed by atoms with Crippen molar-refractivity contribution in [2.45, 2.75) is 31.7 Å². The van der Waals surface area contributed by atoms with Gasteiger partial charge in [0, 0.05) is 36.6 Å². The van der Waals surface area contributed by atoms with Gasteiger partial charge in [-0.1, -0.05) is 41.5 Å². The van der Waals surface area contributed by atoms with Crippen molar-refractivity contribution in [3.05, 3.63) is 77.6 Å². The van der Waals surface area contributed by atoms with Crippen LogP contribution in [0, 0.1) is 13.8 Å². The maximum atomic E-state index is 12.2. The lowest BCUT2D eigenvalue weighted by atomic mass is 10.1. The van der Waals surface area contributed by atoms with Gasteiger partial charge in [-0.3, -0.25) is 0 Å². The molecule has 7 heteroatoms. The van der Waals surface area contributed by atoms with Gasteiger partial charge in [0.05, 0.1) is 4.90 Å². The molecular formula is C22H26N4O2S. The van der Waals surface area contributed by atoms with Crippen molar-refractivity contribution in [1.82, 2.24) is 20.0 Å². The van der Waals surface area contributed by atoms with E-state index in [9.17, 15) is 8.42 Å². The summed E-state index contributed by atoms with van der Waals surface area (Å²) in [5.41, 5.74) is 4.20. The summed E-state index contributed by atoms with van der Waals surface area (Å²) in [7, 11) is -3.45. The van der Waals surface area contributed by atoms with Crippen molar-refractivity contribution in [3.8, 4) is 11.4 Å². The van der Waals surface area contributed by atoms with E-state index in [1.165, 1.54) is 5.56 Å². The van der Waals surface area contributed by atoms with E-state index in [1.807, 2.05) is 44.4 Å². The van der Waals surface area contributed by atoms with Gasteiger partial charge in [0.25, 0.3) is 0 Å². The zero-order chi connectivity index (χ0) is 20.7. The third-order valence-electron chi connectivity index (χ3n) is 4.46. The summed E-state index contributed by atoms with van der Waals surface area (Å²) in [6.07, 6.45) is 4.32. The molecule has 0 radical (unpaired) electrons. The number of hydrogen-bond donors (Lipinski definition) is 2. The Bertz CT molecular complexity index is 1030. The summed E-state index contributed by atoms with van der Waals surface area (Å²) in [6, 6.07) is 14.9. The van der Waals surface area contributed by atoms with Crippen LogP contribution < -0.4 is 10.0 Å². The fourth-order valence-electron chi connectivity index (χ4n) is 2.83. The zero-order valence-electron chi connectivity index (χ0n) is 16.7. The van der Waals surface area contributed by atoms with Gasteiger partial charge in [-0.05, 0) is 45.0 Å².